The molecule has 2 unspecified atom stereocenters. The van der Waals surface area contributed by atoms with Crippen molar-refractivity contribution in [3.8, 4) is 0 Å². The molecule has 0 aliphatic heterocycles. The van der Waals surface area contributed by atoms with Crippen molar-refractivity contribution in [3.63, 3.8) is 0 Å². The highest BCUT2D eigenvalue weighted by molar-refractivity contribution is 4.86. The molecule has 1 fully saturated rings. The standard InChI is InChI=1S/C4H10N2.2CH4/c5-3-1-2-4(3)6;;/h3-4H,1-2,5-6H2;2*1H4. The molecule has 1 saturated carbocycles. The number of hydrogen-bond donors (Lipinski definition) is 2. The monoisotopic (exact) mass is 118 g/mol. The summed E-state index contributed by atoms with van der Waals surface area (Å²) in [5.74, 6) is 0. The molecule has 0 aromatic carbocycles. The first kappa shape index (κ1) is 10.8. The van der Waals surface area contributed by atoms with Crippen molar-refractivity contribution in [3.05, 3.63) is 0 Å². The van der Waals surface area contributed by atoms with E-state index in [1.54, 1.807) is 0 Å². The summed E-state index contributed by atoms with van der Waals surface area (Å²) in [6, 6.07) is 0.620. The number of rotatable bonds is 0. The molecule has 0 bridgehead atoms. The minimum Gasteiger partial charge on any atom is -0.326 e. The zero-order chi connectivity index (χ0) is 4.57. The van der Waals surface area contributed by atoms with Gasteiger partial charge in [0.1, 0.15) is 0 Å². The van der Waals surface area contributed by atoms with Crippen molar-refractivity contribution in [1.82, 2.24) is 0 Å². The van der Waals surface area contributed by atoms with Gasteiger partial charge in [-0.1, -0.05) is 14.9 Å². The first-order chi connectivity index (χ1) is 2.80. The van der Waals surface area contributed by atoms with Crippen LogP contribution in [0.2, 0.25) is 0 Å². The lowest BCUT2D eigenvalue weighted by molar-refractivity contribution is 0.347. The Kier molecular flexibility index (Phi) is 5.23. The fourth-order valence-electron chi connectivity index (χ4n) is 0.552. The van der Waals surface area contributed by atoms with Crippen LogP contribution < -0.4 is 11.5 Å². The SMILES string of the molecule is C.C.NC1CCC1N. The fraction of sp³-hybridized carbons (Fsp3) is 1.00. The van der Waals surface area contributed by atoms with E-state index in [2.05, 4.69) is 0 Å². The Hall–Kier alpha value is -0.0800. The molecule has 0 aromatic heterocycles. The highest BCUT2D eigenvalue weighted by atomic mass is 14.8. The molecule has 1 rings (SSSR count). The summed E-state index contributed by atoms with van der Waals surface area (Å²) in [5, 5.41) is 0. The van der Waals surface area contributed by atoms with Crippen LogP contribution in [0.1, 0.15) is 27.7 Å². The van der Waals surface area contributed by atoms with Gasteiger partial charge in [0, 0.05) is 12.1 Å². The van der Waals surface area contributed by atoms with E-state index >= 15 is 0 Å². The van der Waals surface area contributed by atoms with Crippen molar-refractivity contribution in [2.45, 2.75) is 39.8 Å². The topological polar surface area (TPSA) is 52.0 Å². The Bertz CT molecular complexity index is 46.5. The number of nitrogens with two attached hydrogens (primary N) is 2. The first-order valence-electron chi connectivity index (χ1n) is 2.32. The lowest BCUT2D eigenvalue weighted by atomic mass is 9.88. The lowest BCUT2D eigenvalue weighted by Gasteiger charge is -2.29. The van der Waals surface area contributed by atoms with E-state index in [9.17, 15) is 0 Å². The van der Waals surface area contributed by atoms with Gasteiger partial charge in [0.25, 0.3) is 0 Å². The fourth-order valence-corrected chi connectivity index (χ4v) is 0.552. The van der Waals surface area contributed by atoms with Gasteiger partial charge in [-0.3, -0.25) is 0 Å². The maximum atomic E-state index is 5.40. The van der Waals surface area contributed by atoms with E-state index in [0.29, 0.717) is 12.1 Å². The summed E-state index contributed by atoms with van der Waals surface area (Å²) in [7, 11) is 0. The van der Waals surface area contributed by atoms with Crippen LogP contribution in [0, 0.1) is 0 Å². The van der Waals surface area contributed by atoms with E-state index in [1.165, 1.54) is 0 Å². The molecule has 0 aromatic rings. The average molecular weight is 118 g/mol. The predicted octanol–water partition coefficient (Wildman–Crippen LogP) is 0.707. The Morgan fingerprint density at radius 2 is 1.12 bits per heavy atom. The van der Waals surface area contributed by atoms with E-state index in [0.717, 1.165) is 12.8 Å². The third-order valence-electron chi connectivity index (χ3n) is 1.38. The zero-order valence-corrected chi connectivity index (χ0v) is 3.72. The third kappa shape index (κ3) is 1.80. The van der Waals surface area contributed by atoms with Crippen LogP contribution in [0.25, 0.3) is 0 Å². The molecule has 1 aliphatic carbocycles. The molecule has 2 heteroatoms. The average Bonchev–Trinajstić information content (AvgIpc) is 1.61. The van der Waals surface area contributed by atoms with Gasteiger partial charge in [0.2, 0.25) is 0 Å². The van der Waals surface area contributed by atoms with E-state index in [1.807, 2.05) is 0 Å². The van der Waals surface area contributed by atoms with Gasteiger partial charge in [-0.2, -0.15) is 0 Å². The Morgan fingerprint density at radius 3 is 1.12 bits per heavy atom. The summed E-state index contributed by atoms with van der Waals surface area (Å²) in [5.41, 5.74) is 10.8. The van der Waals surface area contributed by atoms with Crippen molar-refractivity contribution < 1.29 is 0 Å². The first-order valence-corrected chi connectivity index (χ1v) is 2.32. The minimum absolute atomic E-state index is 0. The predicted molar refractivity (Wildman–Crippen MR) is 38.6 cm³/mol. The smallest absolute Gasteiger partial charge is 0.0192 e. The highest BCUT2D eigenvalue weighted by Gasteiger charge is 2.22. The summed E-state index contributed by atoms with van der Waals surface area (Å²) < 4.78 is 0. The van der Waals surface area contributed by atoms with E-state index in [4.69, 9.17) is 11.5 Å². The Morgan fingerprint density at radius 1 is 0.875 bits per heavy atom. The summed E-state index contributed by atoms with van der Waals surface area (Å²) in [4.78, 5) is 0. The normalized spacial score (nSPS) is 33.8. The van der Waals surface area contributed by atoms with Gasteiger partial charge in [0.05, 0.1) is 0 Å². The van der Waals surface area contributed by atoms with Crippen LogP contribution in [0.4, 0.5) is 0 Å². The van der Waals surface area contributed by atoms with E-state index in [-0.39, 0.29) is 14.9 Å². The molecule has 0 heterocycles. The lowest BCUT2D eigenvalue weighted by Crippen LogP contribution is -2.49. The molecule has 1 aliphatic rings. The molecule has 2 nitrogen and oxygen atoms in total. The second-order valence-corrected chi connectivity index (χ2v) is 1.91. The van der Waals surface area contributed by atoms with Gasteiger partial charge < -0.3 is 11.5 Å². The molecule has 0 saturated heterocycles. The molecular formula is C6H18N2. The molecule has 4 N–H and O–H groups in total. The third-order valence-corrected chi connectivity index (χ3v) is 1.38. The van der Waals surface area contributed by atoms with Crippen LogP contribution >= 0.6 is 0 Å². The Labute approximate surface area is 52.2 Å². The zero-order valence-electron chi connectivity index (χ0n) is 3.72. The maximum absolute atomic E-state index is 5.40. The summed E-state index contributed by atoms with van der Waals surface area (Å²) in [6.07, 6.45) is 2.25. The Balaban J connectivity index is 0. The molecule has 2 atom stereocenters. The van der Waals surface area contributed by atoms with Crippen molar-refractivity contribution in [2.75, 3.05) is 0 Å². The summed E-state index contributed by atoms with van der Waals surface area (Å²) in [6.45, 7) is 0. The highest BCUT2D eigenvalue weighted by Crippen LogP contribution is 2.13. The van der Waals surface area contributed by atoms with Gasteiger partial charge in [-0.05, 0) is 12.8 Å². The molecule has 0 amide bonds. The van der Waals surface area contributed by atoms with Crippen LogP contribution in [0.15, 0.2) is 0 Å². The van der Waals surface area contributed by atoms with Gasteiger partial charge in [0.15, 0.2) is 0 Å². The second-order valence-electron chi connectivity index (χ2n) is 1.91. The van der Waals surface area contributed by atoms with Crippen LogP contribution in [-0.2, 0) is 0 Å². The van der Waals surface area contributed by atoms with Gasteiger partial charge >= 0.3 is 0 Å². The van der Waals surface area contributed by atoms with Crippen LogP contribution in [0.3, 0.4) is 0 Å². The molecular weight excluding hydrogens is 100 g/mol. The van der Waals surface area contributed by atoms with Crippen LogP contribution in [0.5, 0.6) is 0 Å². The van der Waals surface area contributed by atoms with Gasteiger partial charge in [-0.15, -0.1) is 0 Å². The largest absolute Gasteiger partial charge is 0.326 e. The van der Waals surface area contributed by atoms with Crippen molar-refractivity contribution in [2.24, 2.45) is 11.5 Å². The maximum Gasteiger partial charge on any atom is 0.0192 e. The second kappa shape index (κ2) is 3.87. The van der Waals surface area contributed by atoms with Crippen molar-refractivity contribution in [1.29, 1.82) is 0 Å². The van der Waals surface area contributed by atoms with E-state index < -0.39 is 0 Å². The summed E-state index contributed by atoms with van der Waals surface area (Å²) >= 11 is 0. The van der Waals surface area contributed by atoms with Gasteiger partial charge in [-0.25, -0.2) is 0 Å². The minimum atomic E-state index is 0. The van der Waals surface area contributed by atoms with Crippen LogP contribution in [-0.4, -0.2) is 12.1 Å². The molecule has 0 spiro atoms. The quantitative estimate of drug-likeness (QED) is 0.492. The molecule has 0 radical (unpaired) electrons. The van der Waals surface area contributed by atoms with Crippen molar-refractivity contribution >= 4 is 0 Å². The molecule has 52 valence electrons. The number of hydrogen-bond acceptors (Lipinski definition) is 2. The molecule has 8 heavy (non-hydrogen) atoms.